The Morgan fingerprint density at radius 2 is 1.83 bits per heavy atom. The van der Waals surface area contributed by atoms with Crippen LogP contribution >= 0.6 is 0 Å². The van der Waals surface area contributed by atoms with Crippen LogP contribution in [-0.2, 0) is 0 Å². The minimum atomic E-state index is 0.740. The predicted octanol–water partition coefficient (Wildman–Crippen LogP) is 2.89. The zero-order valence-electron chi connectivity index (χ0n) is 12.2. The van der Waals surface area contributed by atoms with Crippen molar-refractivity contribution in [1.82, 2.24) is 10.2 Å². The topological polar surface area (TPSA) is 15.3 Å². The van der Waals surface area contributed by atoms with Gasteiger partial charge in [-0.05, 0) is 76.8 Å². The molecule has 0 spiro atoms. The highest BCUT2D eigenvalue weighted by molar-refractivity contribution is 4.96. The molecule has 1 aliphatic heterocycles. The minimum absolute atomic E-state index is 0.740. The summed E-state index contributed by atoms with van der Waals surface area (Å²) < 4.78 is 0. The zero-order valence-corrected chi connectivity index (χ0v) is 12.2. The molecule has 2 heteroatoms. The van der Waals surface area contributed by atoms with Crippen molar-refractivity contribution < 1.29 is 0 Å². The summed E-state index contributed by atoms with van der Waals surface area (Å²) in [4.78, 5) is 2.87. The molecule has 2 saturated carbocycles. The molecule has 1 heterocycles. The third-order valence-electron chi connectivity index (χ3n) is 5.72. The number of nitrogens with zero attached hydrogens (tertiary/aromatic N) is 1. The van der Waals surface area contributed by atoms with E-state index in [4.69, 9.17) is 0 Å². The summed E-state index contributed by atoms with van der Waals surface area (Å²) in [6.07, 6.45) is 8.88. The van der Waals surface area contributed by atoms with Crippen molar-refractivity contribution in [2.45, 2.75) is 64.5 Å². The fourth-order valence-corrected chi connectivity index (χ4v) is 4.71. The molecule has 2 aliphatic carbocycles. The van der Waals surface area contributed by atoms with E-state index in [9.17, 15) is 0 Å². The fourth-order valence-electron chi connectivity index (χ4n) is 4.71. The smallest absolute Gasteiger partial charge is 0.0129 e. The first-order chi connectivity index (χ1) is 8.74. The number of nitrogens with one attached hydrogen (secondary N) is 1. The summed E-state index contributed by atoms with van der Waals surface area (Å²) in [5.41, 5.74) is 0. The van der Waals surface area contributed by atoms with Crippen LogP contribution in [0.1, 0.15) is 52.4 Å². The number of hydrogen-bond acceptors (Lipinski definition) is 2. The van der Waals surface area contributed by atoms with Crippen LogP contribution < -0.4 is 5.32 Å². The molecule has 3 atom stereocenters. The average Bonchev–Trinajstić information content (AvgIpc) is 2.99. The minimum Gasteiger partial charge on any atom is -0.317 e. The molecule has 2 bridgehead atoms. The number of piperidine rings is 1. The van der Waals surface area contributed by atoms with Crippen LogP contribution in [0.25, 0.3) is 0 Å². The van der Waals surface area contributed by atoms with Gasteiger partial charge in [-0.15, -0.1) is 0 Å². The molecule has 0 aromatic carbocycles. The third-order valence-corrected chi connectivity index (χ3v) is 5.72. The quantitative estimate of drug-likeness (QED) is 0.825. The molecule has 3 fully saturated rings. The summed E-state index contributed by atoms with van der Waals surface area (Å²) in [7, 11) is 0. The van der Waals surface area contributed by atoms with Crippen LogP contribution in [0.5, 0.6) is 0 Å². The van der Waals surface area contributed by atoms with Crippen molar-refractivity contribution in [1.29, 1.82) is 0 Å². The molecule has 0 aromatic rings. The van der Waals surface area contributed by atoms with Crippen molar-refractivity contribution in [3.63, 3.8) is 0 Å². The fraction of sp³-hybridized carbons (Fsp3) is 1.00. The maximum absolute atomic E-state index is 3.50. The molecule has 104 valence electrons. The number of rotatable bonds is 4. The van der Waals surface area contributed by atoms with Gasteiger partial charge in [0.15, 0.2) is 0 Å². The van der Waals surface area contributed by atoms with E-state index in [2.05, 4.69) is 24.1 Å². The van der Waals surface area contributed by atoms with Gasteiger partial charge in [0.2, 0.25) is 0 Å². The molecule has 0 aromatic heterocycles. The number of hydrogen-bond donors (Lipinski definition) is 1. The van der Waals surface area contributed by atoms with Gasteiger partial charge >= 0.3 is 0 Å². The summed E-state index contributed by atoms with van der Waals surface area (Å²) in [5.74, 6) is 3.07. The Labute approximate surface area is 113 Å². The van der Waals surface area contributed by atoms with E-state index in [1.54, 1.807) is 6.42 Å². The number of fused-ring (bicyclic) bond motifs is 2. The van der Waals surface area contributed by atoms with Gasteiger partial charge in [-0.3, -0.25) is 4.90 Å². The third kappa shape index (κ3) is 2.60. The van der Waals surface area contributed by atoms with E-state index >= 15 is 0 Å². The van der Waals surface area contributed by atoms with E-state index in [0.29, 0.717) is 0 Å². The van der Waals surface area contributed by atoms with Crippen molar-refractivity contribution in [2.24, 2.45) is 17.8 Å². The van der Waals surface area contributed by atoms with E-state index < -0.39 is 0 Å². The molecule has 2 nitrogen and oxygen atoms in total. The molecule has 3 rings (SSSR count). The van der Waals surface area contributed by atoms with Crippen LogP contribution in [0.4, 0.5) is 0 Å². The van der Waals surface area contributed by atoms with Crippen LogP contribution in [0, 0.1) is 17.8 Å². The van der Waals surface area contributed by atoms with Crippen molar-refractivity contribution in [3.8, 4) is 0 Å². The standard InChI is InChI=1S/C16H30N2/c1-12(2)18(11-13-5-7-17-8-6-13)16-10-14-3-4-15(16)9-14/h12-17H,3-11H2,1-2H3. The molecule has 1 N–H and O–H groups in total. The molecule has 3 unspecified atom stereocenters. The van der Waals surface area contributed by atoms with Gasteiger partial charge in [-0.1, -0.05) is 6.42 Å². The van der Waals surface area contributed by atoms with Crippen LogP contribution in [-0.4, -0.2) is 36.6 Å². The van der Waals surface area contributed by atoms with Crippen LogP contribution in [0.3, 0.4) is 0 Å². The Hall–Kier alpha value is -0.0800. The highest BCUT2D eigenvalue weighted by atomic mass is 15.2. The summed E-state index contributed by atoms with van der Waals surface area (Å²) in [6.45, 7) is 8.67. The van der Waals surface area contributed by atoms with E-state index in [0.717, 1.165) is 29.8 Å². The first-order valence-corrected chi connectivity index (χ1v) is 8.20. The molecule has 1 saturated heterocycles. The lowest BCUT2D eigenvalue weighted by Crippen LogP contribution is -2.47. The predicted molar refractivity (Wildman–Crippen MR) is 76.7 cm³/mol. The summed E-state index contributed by atoms with van der Waals surface area (Å²) >= 11 is 0. The molecule has 3 aliphatic rings. The Bertz CT molecular complexity index is 270. The molecular formula is C16H30N2. The second-order valence-corrected chi connectivity index (χ2v) is 7.23. The average molecular weight is 250 g/mol. The molecular weight excluding hydrogens is 220 g/mol. The van der Waals surface area contributed by atoms with E-state index in [1.807, 2.05) is 0 Å². The largest absolute Gasteiger partial charge is 0.317 e. The normalized spacial score (nSPS) is 37.0. The maximum Gasteiger partial charge on any atom is 0.0129 e. The Morgan fingerprint density at radius 1 is 1.06 bits per heavy atom. The maximum atomic E-state index is 3.50. The van der Waals surface area contributed by atoms with Gasteiger partial charge in [-0.2, -0.15) is 0 Å². The molecule has 0 amide bonds. The van der Waals surface area contributed by atoms with Crippen molar-refractivity contribution in [3.05, 3.63) is 0 Å². The second kappa shape index (κ2) is 5.50. The zero-order chi connectivity index (χ0) is 12.5. The van der Waals surface area contributed by atoms with Gasteiger partial charge in [0.25, 0.3) is 0 Å². The summed E-state index contributed by atoms with van der Waals surface area (Å²) in [6, 6.07) is 1.67. The highest BCUT2D eigenvalue weighted by Gasteiger charge is 2.43. The molecule has 0 radical (unpaired) electrons. The monoisotopic (exact) mass is 250 g/mol. The SMILES string of the molecule is CC(C)N(CC1CCNCC1)C1CC2CCC1C2. The van der Waals surface area contributed by atoms with E-state index in [1.165, 1.54) is 51.7 Å². The lowest BCUT2D eigenvalue weighted by molar-refractivity contribution is 0.0817. The summed E-state index contributed by atoms with van der Waals surface area (Å²) in [5, 5.41) is 3.50. The Morgan fingerprint density at radius 3 is 2.39 bits per heavy atom. The van der Waals surface area contributed by atoms with Gasteiger partial charge in [0.1, 0.15) is 0 Å². The lowest BCUT2D eigenvalue weighted by Gasteiger charge is -2.40. The van der Waals surface area contributed by atoms with Crippen LogP contribution in [0.2, 0.25) is 0 Å². The first kappa shape index (κ1) is 12.9. The van der Waals surface area contributed by atoms with Crippen molar-refractivity contribution in [2.75, 3.05) is 19.6 Å². The van der Waals surface area contributed by atoms with Gasteiger partial charge in [-0.25, -0.2) is 0 Å². The Balaban J connectivity index is 1.61. The second-order valence-electron chi connectivity index (χ2n) is 7.23. The first-order valence-electron chi connectivity index (χ1n) is 8.20. The Kier molecular flexibility index (Phi) is 3.95. The van der Waals surface area contributed by atoms with Gasteiger partial charge in [0.05, 0.1) is 0 Å². The van der Waals surface area contributed by atoms with Crippen LogP contribution in [0.15, 0.2) is 0 Å². The van der Waals surface area contributed by atoms with Gasteiger partial charge < -0.3 is 5.32 Å². The molecule has 18 heavy (non-hydrogen) atoms. The lowest BCUT2D eigenvalue weighted by atomic mass is 9.90. The van der Waals surface area contributed by atoms with Gasteiger partial charge in [0, 0.05) is 18.6 Å². The highest BCUT2D eigenvalue weighted by Crippen LogP contribution is 2.47. The van der Waals surface area contributed by atoms with Crippen molar-refractivity contribution >= 4 is 0 Å². The van der Waals surface area contributed by atoms with E-state index in [-0.39, 0.29) is 0 Å².